The van der Waals surface area contributed by atoms with Gasteiger partial charge in [0.1, 0.15) is 11.5 Å². The van der Waals surface area contributed by atoms with Crippen molar-refractivity contribution >= 4 is 21.9 Å². The summed E-state index contributed by atoms with van der Waals surface area (Å²) in [6.07, 6.45) is 1.86. The molecule has 4 aromatic carbocycles. The molecule has 0 spiro atoms. The zero-order chi connectivity index (χ0) is 34.6. The van der Waals surface area contributed by atoms with Crippen LogP contribution in [0.2, 0.25) is 0 Å². The molecule has 50 heavy (non-hydrogen) atoms. The second-order valence-electron chi connectivity index (χ2n) is 15.3. The van der Waals surface area contributed by atoms with Gasteiger partial charge in [-0.2, -0.15) is 0 Å². The standard InChI is InChI=1S/C46H42N4/c1-45(2,3)34-19-20-35(30-14-8-7-9-15-30)38(29-34)31-26-32(39-17-12-13-25-47-39)28-33(27-31)40-22-21-37-36-16-10-11-18-41(36)50(44(37)48-40)43-24-23-42(49-43)46(4,5)6/h7-29,49H,1-6H3. The van der Waals surface area contributed by atoms with Crippen LogP contribution in [0.5, 0.6) is 0 Å². The molecule has 0 aliphatic heterocycles. The highest BCUT2D eigenvalue weighted by molar-refractivity contribution is 6.08. The Morgan fingerprint density at radius 2 is 1.24 bits per heavy atom. The molecule has 0 bridgehead atoms. The van der Waals surface area contributed by atoms with Gasteiger partial charge in [-0.25, -0.2) is 4.98 Å². The van der Waals surface area contributed by atoms with Gasteiger partial charge in [0.15, 0.2) is 0 Å². The van der Waals surface area contributed by atoms with Gasteiger partial charge < -0.3 is 4.98 Å². The van der Waals surface area contributed by atoms with Crippen LogP contribution in [0.4, 0.5) is 0 Å². The van der Waals surface area contributed by atoms with Crippen molar-refractivity contribution in [2.75, 3.05) is 0 Å². The van der Waals surface area contributed by atoms with Crippen molar-refractivity contribution in [1.82, 2.24) is 19.5 Å². The predicted molar refractivity (Wildman–Crippen MR) is 210 cm³/mol. The molecule has 0 aliphatic rings. The summed E-state index contributed by atoms with van der Waals surface area (Å²) in [5, 5.41) is 2.31. The summed E-state index contributed by atoms with van der Waals surface area (Å²) < 4.78 is 2.27. The lowest BCUT2D eigenvalue weighted by Crippen LogP contribution is -2.11. The fraction of sp³-hybridized carbons (Fsp3) is 0.174. The summed E-state index contributed by atoms with van der Waals surface area (Å²) in [6, 6.07) is 47.9. The number of aromatic nitrogens is 4. The van der Waals surface area contributed by atoms with Crippen molar-refractivity contribution in [2.45, 2.75) is 52.4 Å². The van der Waals surface area contributed by atoms with Crippen LogP contribution in [0.25, 0.3) is 72.5 Å². The van der Waals surface area contributed by atoms with E-state index < -0.39 is 0 Å². The molecule has 246 valence electrons. The van der Waals surface area contributed by atoms with E-state index in [4.69, 9.17) is 9.97 Å². The predicted octanol–water partition coefficient (Wildman–Crippen LogP) is 12.2. The first-order chi connectivity index (χ1) is 24.0. The average Bonchev–Trinajstić information content (AvgIpc) is 3.75. The lowest BCUT2D eigenvalue weighted by molar-refractivity contribution is 0.572. The van der Waals surface area contributed by atoms with Crippen molar-refractivity contribution in [1.29, 1.82) is 0 Å². The summed E-state index contributed by atoms with van der Waals surface area (Å²) >= 11 is 0. The molecule has 0 radical (unpaired) electrons. The summed E-state index contributed by atoms with van der Waals surface area (Å²) in [4.78, 5) is 14.0. The summed E-state index contributed by atoms with van der Waals surface area (Å²) in [5.41, 5.74) is 13.2. The highest BCUT2D eigenvalue weighted by atomic mass is 15.1. The van der Waals surface area contributed by atoms with Crippen LogP contribution >= 0.6 is 0 Å². The number of H-pyrrole nitrogens is 1. The largest absolute Gasteiger partial charge is 0.344 e. The lowest BCUT2D eigenvalue weighted by Gasteiger charge is -2.22. The minimum atomic E-state index is -0.00390. The van der Waals surface area contributed by atoms with E-state index in [0.29, 0.717) is 0 Å². The maximum atomic E-state index is 5.46. The molecule has 8 rings (SSSR count). The van der Waals surface area contributed by atoms with Gasteiger partial charge in [0.25, 0.3) is 0 Å². The number of hydrogen-bond donors (Lipinski definition) is 1. The molecule has 0 amide bonds. The number of nitrogens with zero attached hydrogens (tertiary/aromatic N) is 3. The van der Waals surface area contributed by atoms with E-state index in [1.807, 2.05) is 12.3 Å². The van der Waals surface area contributed by atoms with Crippen LogP contribution in [-0.4, -0.2) is 19.5 Å². The summed E-state index contributed by atoms with van der Waals surface area (Å²) in [5.74, 6) is 1.01. The van der Waals surface area contributed by atoms with Crippen molar-refractivity contribution in [3.05, 3.63) is 151 Å². The van der Waals surface area contributed by atoms with E-state index in [0.717, 1.165) is 50.4 Å². The van der Waals surface area contributed by atoms with E-state index in [1.165, 1.54) is 33.3 Å². The Balaban J connectivity index is 1.38. The van der Waals surface area contributed by atoms with Gasteiger partial charge in [0.2, 0.25) is 0 Å². The first-order valence-electron chi connectivity index (χ1n) is 17.4. The number of hydrogen-bond acceptors (Lipinski definition) is 2. The van der Waals surface area contributed by atoms with Crippen LogP contribution in [0.3, 0.4) is 0 Å². The van der Waals surface area contributed by atoms with Crippen molar-refractivity contribution < 1.29 is 0 Å². The Morgan fingerprint density at radius 3 is 1.96 bits per heavy atom. The van der Waals surface area contributed by atoms with E-state index in [2.05, 4.69) is 178 Å². The van der Waals surface area contributed by atoms with Gasteiger partial charge in [-0.15, -0.1) is 0 Å². The molecule has 4 nitrogen and oxygen atoms in total. The number of para-hydroxylation sites is 1. The Bertz CT molecular complexity index is 2490. The third kappa shape index (κ3) is 5.71. The number of rotatable bonds is 5. The fourth-order valence-electron chi connectivity index (χ4n) is 6.93. The smallest absolute Gasteiger partial charge is 0.147 e. The maximum absolute atomic E-state index is 5.46. The first kappa shape index (κ1) is 31.5. The number of benzene rings is 4. The molecule has 1 N–H and O–H groups in total. The van der Waals surface area contributed by atoms with Crippen LogP contribution in [0, 0.1) is 0 Å². The van der Waals surface area contributed by atoms with Crippen LogP contribution in [-0.2, 0) is 10.8 Å². The molecule has 0 aliphatic carbocycles. The Labute approximate surface area is 294 Å². The normalized spacial score (nSPS) is 12.2. The monoisotopic (exact) mass is 650 g/mol. The third-order valence-electron chi connectivity index (χ3n) is 9.71. The number of nitrogens with one attached hydrogen (secondary N) is 1. The van der Waals surface area contributed by atoms with Crippen molar-refractivity contribution in [3.63, 3.8) is 0 Å². The SMILES string of the molecule is CC(C)(C)c1ccc(-c2ccccc2)c(-c2cc(-c3ccccn3)cc(-c3ccc4c5ccccc5n(-c5ccc(C(C)(C)C)[nH]5)c4n3)c2)c1. The van der Waals surface area contributed by atoms with Crippen molar-refractivity contribution in [2.24, 2.45) is 0 Å². The van der Waals surface area contributed by atoms with E-state index >= 15 is 0 Å². The molecular weight excluding hydrogens is 609 g/mol. The maximum Gasteiger partial charge on any atom is 0.147 e. The highest BCUT2D eigenvalue weighted by Crippen LogP contribution is 2.40. The first-order valence-corrected chi connectivity index (χ1v) is 17.4. The van der Waals surface area contributed by atoms with Gasteiger partial charge in [-0.1, -0.05) is 114 Å². The number of aromatic amines is 1. The lowest BCUT2D eigenvalue weighted by atomic mass is 9.82. The quantitative estimate of drug-likeness (QED) is 0.201. The van der Waals surface area contributed by atoms with Gasteiger partial charge in [-0.05, 0) is 93.9 Å². The van der Waals surface area contributed by atoms with Gasteiger partial charge in [0.05, 0.1) is 16.9 Å². The zero-order valence-corrected chi connectivity index (χ0v) is 29.6. The molecule has 4 heteroatoms. The third-order valence-corrected chi connectivity index (χ3v) is 9.71. The van der Waals surface area contributed by atoms with Crippen molar-refractivity contribution in [3.8, 4) is 50.6 Å². The average molecular weight is 651 g/mol. The Hall–Kier alpha value is -5.74. The van der Waals surface area contributed by atoms with Crippen LogP contribution in [0.15, 0.2) is 140 Å². The highest BCUT2D eigenvalue weighted by Gasteiger charge is 2.21. The van der Waals surface area contributed by atoms with E-state index in [-0.39, 0.29) is 10.8 Å². The minimum absolute atomic E-state index is 0.000803. The fourth-order valence-corrected chi connectivity index (χ4v) is 6.93. The molecule has 0 atom stereocenters. The van der Waals surface area contributed by atoms with Gasteiger partial charge in [-0.3, -0.25) is 9.55 Å². The number of pyridine rings is 2. The molecule has 8 aromatic rings. The Kier molecular flexibility index (Phi) is 7.56. The number of fused-ring (bicyclic) bond motifs is 3. The Morgan fingerprint density at radius 1 is 0.520 bits per heavy atom. The minimum Gasteiger partial charge on any atom is -0.344 e. The molecular formula is C46H42N4. The molecule has 0 saturated heterocycles. The second kappa shape index (κ2) is 12.0. The van der Waals surface area contributed by atoms with E-state index in [1.54, 1.807) is 0 Å². The van der Waals surface area contributed by atoms with Crippen LogP contribution < -0.4 is 0 Å². The molecule has 0 fully saturated rings. The molecule has 4 heterocycles. The summed E-state index contributed by atoms with van der Waals surface area (Å²) in [7, 11) is 0. The molecule has 0 saturated carbocycles. The molecule has 4 aromatic heterocycles. The van der Waals surface area contributed by atoms with Gasteiger partial charge >= 0.3 is 0 Å². The van der Waals surface area contributed by atoms with E-state index in [9.17, 15) is 0 Å². The zero-order valence-electron chi connectivity index (χ0n) is 29.6. The second-order valence-corrected chi connectivity index (χ2v) is 15.3. The van der Waals surface area contributed by atoms with Gasteiger partial charge in [0, 0.05) is 39.2 Å². The topological polar surface area (TPSA) is 46.5 Å². The van der Waals surface area contributed by atoms with Crippen LogP contribution in [0.1, 0.15) is 52.8 Å². The molecule has 0 unspecified atom stereocenters. The summed E-state index contributed by atoms with van der Waals surface area (Å²) in [6.45, 7) is 13.5.